The number of hydrogen-bond acceptors (Lipinski definition) is 5. The second kappa shape index (κ2) is 9.75. The fourth-order valence-electron chi connectivity index (χ4n) is 3.22. The molecule has 0 amide bonds. The molecule has 0 atom stereocenters. The van der Waals surface area contributed by atoms with E-state index in [0.29, 0.717) is 0 Å². The fraction of sp³-hybridized carbons (Fsp3) is 0.0400. The Balaban J connectivity index is 1.95. The third-order valence-electron chi connectivity index (χ3n) is 4.47. The molecule has 0 unspecified atom stereocenters. The Morgan fingerprint density at radius 2 is 1.06 bits per heavy atom. The predicted octanol–water partition coefficient (Wildman–Crippen LogP) is 7.16. The molecule has 0 aliphatic carbocycles. The van der Waals surface area contributed by atoms with Gasteiger partial charge in [-0.15, -0.1) is 0 Å². The molecule has 0 aromatic heterocycles. The van der Waals surface area contributed by atoms with Crippen LogP contribution in [-0.4, -0.2) is 14.7 Å². The molecule has 0 aliphatic heterocycles. The lowest BCUT2D eigenvalue weighted by atomic mass is 9.94. The average Bonchev–Trinajstić information content (AvgIpc) is 2.79. The van der Waals surface area contributed by atoms with E-state index in [1.165, 1.54) is 0 Å². The van der Waals surface area contributed by atoms with Gasteiger partial charge in [0, 0.05) is 25.8 Å². The first kappa shape index (κ1) is 21.7. The molecule has 0 radical (unpaired) electrons. The van der Waals surface area contributed by atoms with Gasteiger partial charge in [0.25, 0.3) is 10.1 Å². The molecule has 0 saturated carbocycles. The lowest BCUT2D eigenvalue weighted by Gasteiger charge is -2.19. The molecule has 0 saturated heterocycles. The van der Waals surface area contributed by atoms with Crippen molar-refractivity contribution in [3.05, 3.63) is 103 Å². The molecule has 4 aromatic rings. The molecule has 0 bridgehead atoms. The lowest BCUT2D eigenvalue weighted by Crippen LogP contribution is -1.97. The standard InChI is InChI=1S/C25H20O3S3/c1-31(26,27)28-30-23-18-17-22(29-21-15-9-4-10-16-21)24(19-11-5-2-6-12-19)25(23)20-13-7-3-8-14-20/h2-18H,1H3. The van der Waals surface area contributed by atoms with Crippen molar-refractivity contribution in [2.75, 3.05) is 6.26 Å². The third kappa shape index (κ3) is 5.60. The van der Waals surface area contributed by atoms with Gasteiger partial charge < -0.3 is 0 Å². The van der Waals surface area contributed by atoms with Crippen LogP contribution in [0.2, 0.25) is 0 Å². The number of hydrogen-bond donors (Lipinski definition) is 0. The molecule has 4 aromatic carbocycles. The van der Waals surface area contributed by atoms with E-state index in [9.17, 15) is 8.42 Å². The van der Waals surface area contributed by atoms with E-state index in [1.54, 1.807) is 11.8 Å². The summed E-state index contributed by atoms with van der Waals surface area (Å²) in [6.45, 7) is 0. The Labute approximate surface area is 191 Å². The quantitative estimate of drug-likeness (QED) is 0.272. The van der Waals surface area contributed by atoms with Crippen molar-refractivity contribution in [1.82, 2.24) is 0 Å². The summed E-state index contributed by atoms with van der Waals surface area (Å²) in [5, 5.41) is 0. The minimum atomic E-state index is -3.60. The second-order valence-corrected chi connectivity index (χ2v) is 10.5. The normalized spacial score (nSPS) is 11.4. The molecule has 0 aliphatic rings. The minimum absolute atomic E-state index is 0.743. The van der Waals surface area contributed by atoms with Crippen LogP contribution in [0.4, 0.5) is 0 Å². The van der Waals surface area contributed by atoms with E-state index < -0.39 is 10.1 Å². The van der Waals surface area contributed by atoms with Crippen LogP contribution in [0.1, 0.15) is 0 Å². The van der Waals surface area contributed by atoms with Crippen LogP contribution in [-0.2, 0) is 13.7 Å². The van der Waals surface area contributed by atoms with Gasteiger partial charge in [-0.25, -0.2) is 0 Å². The first-order valence-electron chi connectivity index (χ1n) is 9.58. The van der Waals surface area contributed by atoms with Gasteiger partial charge in [0.05, 0.1) is 18.3 Å². The first-order valence-corrected chi connectivity index (χ1v) is 13.0. The summed E-state index contributed by atoms with van der Waals surface area (Å²) in [7, 11) is -3.60. The van der Waals surface area contributed by atoms with Crippen molar-refractivity contribution in [2.45, 2.75) is 14.7 Å². The predicted molar refractivity (Wildman–Crippen MR) is 130 cm³/mol. The topological polar surface area (TPSA) is 43.4 Å². The Bertz CT molecular complexity index is 1260. The molecule has 0 N–H and O–H groups in total. The molecule has 3 nitrogen and oxygen atoms in total. The zero-order chi connectivity index (χ0) is 21.7. The molecule has 0 heterocycles. The molecule has 4 rings (SSSR count). The van der Waals surface area contributed by atoms with Gasteiger partial charge in [0.15, 0.2) is 0 Å². The van der Waals surface area contributed by atoms with E-state index in [1.807, 2.05) is 78.9 Å². The Hall–Kier alpha value is -2.51. The highest BCUT2D eigenvalue weighted by Gasteiger charge is 2.19. The largest absolute Gasteiger partial charge is 0.275 e. The molecular formula is C25H20O3S3. The van der Waals surface area contributed by atoms with E-state index in [2.05, 4.69) is 24.3 Å². The smallest absolute Gasteiger partial charge is 0.199 e. The second-order valence-electron chi connectivity index (χ2n) is 6.81. The summed E-state index contributed by atoms with van der Waals surface area (Å²) >= 11 is 2.56. The molecule has 31 heavy (non-hydrogen) atoms. The monoisotopic (exact) mass is 464 g/mol. The summed E-state index contributed by atoms with van der Waals surface area (Å²) < 4.78 is 28.4. The van der Waals surface area contributed by atoms with Crippen molar-refractivity contribution in [3.8, 4) is 22.3 Å². The Morgan fingerprint density at radius 3 is 1.58 bits per heavy atom. The Morgan fingerprint density at radius 1 is 0.613 bits per heavy atom. The minimum Gasteiger partial charge on any atom is -0.199 e. The van der Waals surface area contributed by atoms with Gasteiger partial charge in [-0.05, 0) is 35.4 Å². The fourth-order valence-corrected chi connectivity index (χ4v) is 5.44. The summed E-state index contributed by atoms with van der Waals surface area (Å²) in [5.41, 5.74) is 4.04. The highest BCUT2D eigenvalue weighted by Crippen LogP contribution is 2.46. The van der Waals surface area contributed by atoms with E-state index >= 15 is 0 Å². The van der Waals surface area contributed by atoms with Crippen molar-refractivity contribution >= 4 is 33.9 Å². The summed E-state index contributed by atoms with van der Waals surface area (Å²) in [6.07, 6.45) is 1.06. The Kier molecular flexibility index (Phi) is 6.83. The van der Waals surface area contributed by atoms with Gasteiger partial charge in [0.2, 0.25) is 0 Å². The average molecular weight is 465 g/mol. The van der Waals surface area contributed by atoms with Crippen molar-refractivity contribution in [2.24, 2.45) is 0 Å². The van der Waals surface area contributed by atoms with Crippen LogP contribution in [0.25, 0.3) is 22.3 Å². The van der Waals surface area contributed by atoms with Crippen molar-refractivity contribution in [3.63, 3.8) is 0 Å². The molecule has 0 spiro atoms. The van der Waals surface area contributed by atoms with Crippen LogP contribution in [0.15, 0.2) is 118 Å². The summed E-state index contributed by atoms with van der Waals surface area (Å²) in [6, 6.07) is 34.3. The van der Waals surface area contributed by atoms with Gasteiger partial charge in [-0.3, -0.25) is 0 Å². The highest BCUT2D eigenvalue weighted by atomic mass is 32.3. The zero-order valence-electron chi connectivity index (χ0n) is 16.8. The summed E-state index contributed by atoms with van der Waals surface area (Å²) in [5.74, 6) is 0. The third-order valence-corrected chi connectivity index (χ3v) is 7.32. The lowest BCUT2D eigenvalue weighted by molar-refractivity contribution is 0.525. The highest BCUT2D eigenvalue weighted by molar-refractivity contribution is 8.04. The van der Waals surface area contributed by atoms with Crippen LogP contribution in [0.3, 0.4) is 0 Å². The maximum atomic E-state index is 11.7. The van der Waals surface area contributed by atoms with Gasteiger partial charge in [0.1, 0.15) is 0 Å². The van der Waals surface area contributed by atoms with Crippen LogP contribution < -0.4 is 0 Å². The van der Waals surface area contributed by atoms with Crippen LogP contribution >= 0.6 is 23.8 Å². The van der Waals surface area contributed by atoms with E-state index in [-0.39, 0.29) is 0 Å². The first-order chi connectivity index (χ1) is 15.0. The van der Waals surface area contributed by atoms with E-state index in [4.69, 9.17) is 3.63 Å². The SMILES string of the molecule is CS(=O)(=O)OSc1ccc(Sc2ccccc2)c(-c2ccccc2)c1-c1ccccc1. The van der Waals surface area contributed by atoms with Gasteiger partial charge in [-0.1, -0.05) is 90.6 Å². The summed E-state index contributed by atoms with van der Waals surface area (Å²) in [4.78, 5) is 2.96. The molecule has 0 fully saturated rings. The molecule has 6 heteroatoms. The van der Waals surface area contributed by atoms with Crippen LogP contribution in [0.5, 0.6) is 0 Å². The van der Waals surface area contributed by atoms with Gasteiger partial charge in [-0.2, -0.15) is 12.0 Å². The maximum Gasteiger partial charge on any atom is 0.275 e. The van der Waals surface area contributed by atoms with Crippen LogP contribution in [0, 0.1) is 0 Å². The molecular weight excluding hydrogens is 444 g/mol. The number of benzene rings is 4. The zero-order valence-corrected chi connectivity index (χ0v) is 19.2. The number of rotatable bonds is 7. The van der Waals surface area contributed by atoms with E-state index in [0.717, 1.165) is 55.2 Å². The van der Waals surface area contributed by atoms with Crippen molar-refractivity contribution in [1.29, 1.82) is 0 Å². The van der Waals surface area contributed by atoms with Crippen molar-refractivity contribution < 1.29 is 12.0 Å². The molecule has 156 valence electrons. The van der Waals surface area contributed by atoms with Gasteiger partial charge >= 0.3 is 0 Å². The maximum absolute atomic E-state index is 11.7.